The second-order valence-corrected chi connectivity index (χ2v) is 12.5. The summed E-state index contributed by atoms with van der Waals surface area (Å²) in [6.07, 6.45) is 5.02. The van der Waals surface area contributed by atoms with Crippen LogP contribution in [0.4, 0.5) is 10.5 Å². The number of carbonyl (C=O) groups excluding carboxylic acids is 4. The Labute approximate surface area is 231 Å². The van der Waals surface area contributed by atoms with Crippen LogP contribution in [0.2, 0.25) is 0 Å². The lowest BCUT2D eigenvalue weighted by molar-refractivity contribution is -0.134. The van der Waals surface area contributed by atoms with E-state index < -0.39 is 5.60 Å². The molecule has 0 aliphatic carbocycles. The zero-order valence-corrected chi connectivity index (χ0v) is 23.5. The third-order valence-electron chi connectivity index (χ3n) is 8.69. The van der Waals surface area contributed by atoms with Crippen LogP contribution in [0.15, 0.2) is 18.2 Å². The molecule has 1 aromatic rings. The van der Waals surface area contributed by atoms with E-state index in [1.165, 1.54) is 11.3 Å². The Bertz CT molecular complexity index is 1110. The molecule has 1 N–H and O–H groups in total. The highest BCUT2D eigenvalue weighted by atomic mass is 16.6. The van der Waals surface area contributed by atoms with Crippen LogP contribution in [-0.4, -0.2) is 84.4 Å². The number of piperidine rings is 3. The van der Waals surface area contributed by atoms with E-state index in [-0.39, 0.29) is 35.5 Å². The van der Waals surface area contributed by atoms with Crippen LogP contribution in [0.25, 0.3) is 0 Å². The van der Waals surface area contributed by atoms with Crippen molar-refractivity contribution in [2.75, 3.05) is 44.2 Å². The number of benzene rings is 1. The fraction of sp³-hybridized carbons (Fsp3) is 0.667. The lowest BCUT2D eigenvalue weighted by Gasteiger charge is -2.39. The van der Waals surface area contributed by atoms with Gasteiger partial charge in [0.15, 0.2) is 0 Å². The van der Waals surface area contributed by atoms with Gasteiger partial charge < -0.3 is 14.5 Å². The Morgan fingerprint density at radius 3 is 2.33 bits per heavy atom. The minimum atomic E-state index is -0.511. The molecule has 212 valence electrons. The molecule has 4 heterocycles. The number of imide groups is 1. The van der Waals surface area contributed by atoms with Gasteiger partial charge in [0.1, 0.15) is 11.4 Å². The van der Waals surface area contributed by atoms with Gasteiger partial charge in [0.2, 0.25) is 11.8 Å². The molecule has 9 nitrogen and oxygen atoms in total. The number of hydrogen-bond acceptors (Lipinski definition) is 7. The average molecular weight is 539 g/mol. The van der Waals surface area contributed by atoms with Crippen LogP contribution in [-0.2, 0) is 25.5 Å². The van der Waals surface area contributed by atoms with E-state index in [2.05, 4.69) is 27.2 Å². The number of likely N-dealkylation sites (tertiary alicyclic amines) is 2. The number of anilines is 1. The normalized spacial score (nSPS) is 23.5. The van der Waals surface area contributed by atoms with Gasteiger partial charge in [-0.1, -0.05) is 12.1 Å². The van der Waals surface area contributed by atoms with Gasteiger partial charge in [-0.15, -0.1) is 0 Å². The average Bonchev–Trinajstić information content (AvgIpc) is 3.33. The molecule has 4 aliphatic heterocycles. The quantitative estimate of drug-likeness (QED) is 0.575. The van der Waals surface area contributed by atoms with E-state index in [4.69, 9.17) is 4.74 Å². The number of nitrogens with zero attached hydrogens (tertiary/aromatic N) is 3. The summed E-state index contributed by atoms with van der Waals surface area (Å²) in [7, 11) is 0. The Morgan fingerprint density at radius 2 is 1.67 bits per heavy atom. The van der Waals surface area contributed by atoms with Crippen molar-refractivity contribution in [3.8, 4) is 0 Å². The maximum atomic E-state index is 13.1. The van der Waals surface area contributed by atoms with Crippen LogP contribution < -0.4 is 10.2 Å². The number of nitrogens with one attached hydrogen (secondary N) is 1. The summed E-state index contributed by atoms with van der Waals surface area (Å²) in [5.41, 5.74) is 3.04. The van der Waals surface area contributed by atoms with Crippen LogP contribution in [0.1, 0.15) is 76.3 Å². The summed E-state index contributed by atoms with van der Waals surface area (Å²) in [4.78, 5) is 56.0. The number of carbonyl (C=O) groups is 4. The van der Waals surface area contributed by atoms with Crippen molar-refractivity contribution in [1.82, 2.24) is 15.1 Å². The molecule has 0 unspecified atom stereocenters. The van der Waals surface area contributed by atoms with E-state index >= 15 is 0 Å². The number of fused-ring (bicyclic) bond motifs is 1. The molecule has 4 aliphatic rings. The summed E-state index contributed by atoms with van der Waals surface area (Å²) >= 11 is 0. The smallest absolute Gasteiger partial charge is 0.410 e. The largest absolute Gasteiger partial charge is 0.444 e. The van der Waals surface area contributed by atoms with Gasteiger partial charge in [-0.3, -0.25) is 24.6 Å². The van der Waals surface area contributed by atoms with E-state index in [0.717, 1.165) is 44.5 Å². The molecule has 1 aromatic carbocycles. The third-order valence-corrected chi connectivity index (χ3v) is 8.69. The van der Waals surface area contributed by atoms with E-state index in [9.17, 15) is 19.2 Å². The van der Waals surface area contributed by atoms with Crippen molar-refractivity contribution < 1.29 is 23.9 Å². The first kappa shape index (κ1) is 27.6. The fourth-order valence-electron chi connectivity index (χ4n) is 6.63. The van der Waals surface area contributed by atoms with Crippen LogP contribution in [0, 0.1) is 5.92 Å². The Kier molecular flexibility index (Phi) is 7.99. The molecule has 0 aromatic heterocycles. The number of ether oxygens (including phenoxy) is 1. The van der Waals surface area contributed by atoms with Crippen molar-refractivity contribution in [3.05, 3.63) is 29.3 Å². The van der Waals surface area contributed by atoms with Gasteiger partial charge in [-0.25, -0.2) is 4.79 Å². The summed E-state index contributed by atoms with van der Waals surface area (Å²) < 4.78 is 5.47. The standard InChI is InChI=1S/C30H42N4O5/c1-30(2,3)39-29(38)33-16-9-20(10-17-33)26(35)19-32-14-11-21(12-15-32)34-18-13-23-22(5-4-6-25(23)34)24-7-8-27(36)31-28(24)37/h4-6,20-21,24H,7-19H2,1-3H3,(H,31,36,37)/t24-/m1/s1. The van der Waals surface area contributed by atoms with E-state index in [1.807, 2.05) is 26.8 Å². The minimum absolute atomic E-state index is 0.0116. The van der Waals surface area contributed by atoms with Crippen molar-refractivity contribution in [1.29, 1.82) is 0 Å². The number of Topliss-reactive ketones (excluding diaryl/α,β-unsaturated/α-hetero) is 1. The monoisotopic (exact) mass is 538 g/mol. The summed E-state index contributed by atoms with van der Waals surface area (Å²) in [6.45, 7) is 9.96. The Balaban J connectivity index is 1.11. The SMILES string of the molecule is CC(C)(C)OC(=O)N1CCC(C(=O)CN2CCC(N3CCc4c([C@H]5CCC(=O)NC5=O)cccc43)CC2)CC1. The number of amides is 3. The van der Waals surface area contributed by atoms with Crippen molar-refractivity contribution in [2.45, 2.75) is 83.3 Å². The van der Waals surface area contributed by atoms with Crippen molar-refractivity contribution >= 4 is 29.4 Å². The second-order valence-electron chi connectivity index (χ2n) is 12.5. The molecule has 0 spiro atoms. The predicted molar refractivity (Wildman–Crippen MR) is 148 cm³/mol. The molecule has 3 saturated heterocycles. The van der Waals surface area contributed by atoms with Gasteiger partial charge in [0, 0.05) is 56.8 Å². The van der Waals surface area contributed by atoms with Gasteiger partial charge in [0.05, 0.1) is 12.5 Å². The van der Waals surface area contributed by atoms with Crippen LogP contribution in [0.5, 0.6) is 0 Å². The maximum Gasteiger partial charge on any atom is 0.410 e. The highest BCUT2D eigenvalue weighted by Crippen LogP contribution is 2.39. The maximum absolute atomic E-state index is 13.1. The Morgan fingerprint density at radius 1 is 0.949 bits per heavy atom. The van der Waals surface area contributed by atoms with Gasteiger partial charge in [-0.05, 0) is 76.5 Å². The predicted octanol–water partition coefficient (Wildman–Crippen LogP) is 3.25. The molecule has 0 saturated carbocycles. The molecule has 39 heavy (non-hydrogen) atoms. The topological polar surface area (TPSA) is 99.3 Å². The third kappa shape index (κ3) is 6.29. The molecule has 3 fully saturated rings. The summed E-state index contributed by atoms with van der Waals surface area (Å²) in [5.74, 6) is -0.301. The molecular weight excluding hydrogens is 496 g/mol. The van der Waals surface area contributed by atoms with E-state index in [1.54, 1.807) is 4.90 Å². The van der Waals surface area contributed by atoms with Gasteiger partial charge in [0.25, 0.3) is 0 Å². The molecule has 5 rings (SSSR count). The number of ketones is 1. The molecular formula is C30H42N4O5. The first-order chi connectivity index (χ1) is 18.6. The molecule has 0 radical (unpaired) electrons. The lowest BCUT2D eigenvalue weighted by atomic mass is 9.86. The van der Waals surface area contributed by atoms with Crippen LogP contribution in [0.3, 0.4) is 0 Å². The van der Waals surface area contributed by atoms with Crippen molar-refractivity contribution in [2.24, 2.45) is 5.92 Å². The Hall–Kier alpha value is -2.94. The second kappa shape index (κ2) is 11.3. The summed E-state index contributed by atoms with van der Waals surface area (Å²) in [6, 6.07) is 6.68. The zero-order valence-electron chi connectivity index (χ0n) is 23.5. The van der Waals surface area contributed by atoms with Crippen molar-refractivity contribution in [3.63, 3.8) is 0 Å². The fourth-order valence-corrected chi connectivity index (χ4v) is 6.63. The van der Waals surface area contributed by atoms with Gasteiger partial charge in [-0.2, -0.15) is 0 Å². The summed E-state index contributed by atoms with van der Waals surface area (Å²) in [5, 5.41) is 2.51. The first-order valence-corrected chi connectivity index (χ1v) is 14.5. The van der Waals surface area contributed by atoms with Crippen LogP contribution >= 0.6 is 0 Å². The molecule has 9 heteroatoms. The van der Waals surface area contributed by atoms with E-state index in [0.29, 0.717) is 51.4 Å². The molecule has 3 amide bonds. The molecule has 0 bridgehead atoms. The number of hydrogen-bond donors (Lipinski definition) is 1. The zero-order chi connectivity index (χ0) is 27.7. The molecule has 1 atom stereocenters. The minimum Gasteiger partial charge on any atom is -0.444 e. The highest BCUT2D eigenvalue weighted by Gasteiger charge is 2.36. The van der Waals surface area contributed by atoms with Gasteiger partial charge >= 0.3 is 6.09 Å². The first-order valence-electron chi connectivity index (χ1n) is 14.5. The lowest BCUT2D eigenvalue weighted by Crippen LogP contribution is -2.47. The number of rotatable bonds is 5. The highest BCUT2D eigenvalue weighted by molar-refractivity contribution is 6.01.